The third kappa shape index (κ3) is 1.72. The average Bonchev–Trinajstić information content (AvgIpc) is 2.04. The number of imide groups is 1. The maximum absolute atomic E-state index is 11.2. The number of thioether (sulfide) groups is 1. The highest BCUT2D eigenvalue weighted by atomic mass is 32.2. The Labute approximate surface area is 75.5 Å². The first-order chi connectivity index (χ1) is 5.44. The van der Waals surface area contributed by atoms with E-state index in [1.54, 1.807) is 6.92 Å². The monoisotopic (exact) mass is 188 g/mol. The van der Waals surface area contributed by atoms with Crippen LogP contribution in [-0.2, 0) is 4.79 Å². The number of hydrogen-bond donors (Lipinski definition) is 2. The fourth-order valence-electron chi connectivity index (χ4n) is 1.08. The molecule has 3 amide bonds. The molecule has 68 valence electrons. The Morgan fingerprint density at radius 1 is 1.42 bits per heavy atom. The minimum absolute atomic E-state index is 0.258. The van der Waals surface area contributed by atoms with Crippen molar-refractivity contribution in [3.63, 3.8) is 0 Å². The lowest BCUT2D eigenvalue weighted by Gasteiger charge is -2.21. The summed E-state index contributed by atoms with van der Waals surface area (Å²) in [5, 5.41) is 5.08. The molecule has 1 heterocycles. The molecule has 12 heavy (non-hydrogen) atoms. The standard InChI is InChI=1S/C7H12N2O2S/c1-4(2)12-7(3)5(10)8-6(11)9-7/h4H,1-3H3,(H2,8,9,10,11). The molecule has 0 aromatic heterocycles. The normalized spacial score (nSPS) is 29.0. The van der Waals surface area contributed by atoms with Gasteiger partial charge < -0.3 is 5.32 Å². The van der Waals surface area contributed by atoms with Crippen molar-refractivity contribution < 1.29 is 9.59 Å². The summed E-state index contributed by atoms with van der Waals surface area (Å²) < 4.78 is 0. The van der Waals surface area contributed by atoms with E-state index in [2.05, 4.69) is 10.6 Å². The number of hydrogen-bond acceptors (Lipinski definition) is 3. The van der Waals surface area contributed by atoms with Gasteiger partial charge in [0.25, 0.3) is 5.91 Å². The first kappa shape index (κ1) is 9.38. The summed E-state index contributed by atoms with van der Waals surface area (Å²) >= 11 is 1.43. The van der Waals surface area contributed by atoms with E-state index in [-0.39, 0.29) is 5.91 Å². The molecule has 1 aliphatic rings. The molecule has 0 spiro atoms. The molecule has 4 nitrogen and oxygen atoms in total. The molecule has 1 aliphatic heterocycles. The lowest BCUT2D eigenvalue weighted by atomic mass is 10.3. The smallest absolute Gasteiger partial charge is 0.315 e. The van der Waals surface area contributed by atoms with Crippen LogP contribution < -0.4 is 10.6 Å². The van der Waals surface area contributed by atoms with Gasteiger partial charge in [0.1, 0.15) is 0 Å². The number of carbonyl (C=O) groups excluding carboxylic acids is 2. The molecule has 1 rings (SSSR count). The Hall–Kier alpha value is -0.710. The number of rotatable bonds is 2. The molecule has 1 fully saturated rings. The second-order valence-electron chi connectivity index (χ2n) is 3.11. The van der Waals surface area contributed by atoms with Crippen molar-refractivity contribution in [3.8, 4) is 0 Å². The van der Waals surface area contributed by atoms with Crippen LogP contribution in [0.3, 0.4) is 0 Å². The van der Waals surface area contributed by atoms with Crippen molar-refractivity contribution >= 4 is 23.7 Å². The summed E-state index contributed by atoms with van der Waals surface area (Å²) in [7, 11) is 0. The quantitative estimate of drug-likeness (QED) is 0.627. The lowest BCUT2D eigenvalue weighted by molar-refractivity contribution is -0.120. The maximum Gasteiger partial charge on any atom is 0.323 e. The summed E-state index contributed by atoms with van der Waals surface area (Å²) in [6, 6.07) is -0.407. The van der Waals surface area contributed by atoms with Crippen LogP contribution in [0, 0.1) is 0 Å². The molecule has 1 unspecified atom stereocenters. The van der Waals surface area contributed by atoms with E-state index >= 15 is 0 Å². The van der Waals surface area contributed by atoms with E-state index in [4.69, 9.17) is 0 Å². The van der Waals surface area contributed by atoms with Crippen LogP contribution in [0.2, 0.25) is 0 Å². The van der Waals surface area contributed by atoms with E-state index < -0.39 is 10.9 Å². The van der Waals surface area contributed by atoms with Gasteiger partial charge in [0.15, 0.2) is 4.87 Å². The van der Waals surface area contributed by atoms with Gasteiger partial charge in [-0.3, -0.25) is 10.1 Å². The zero-order valence-corrected chi connectivity index (χ0v) is 8.12. The van der Waals surface area contributed by atoms with Gasteiger partial charge in [-0.05, 0) is 6.92 Å². The maximum atomic E-state index is 11.2. The fourth-order valence-corrected chi connectivity index (χ4v) is 2.33. The summed E-state index contributed by atoms with van der Waals surface area (Å²) in [5.41, 5.74) is 0. The third-order valence-electron chi connectivity index (χ3n) is 1.48. The Morgan fingerprint density at radius 3 is 2.33 bits per heavy atom. The summed E-state index contributed by atoms with van der Waals surface area (Å²) in [4.78, 5) is 21.2. The van der Waals surface area contributed by atoms with Gasteiger partial charge in [0.05, 0.1) is 0 Å². The number of carbonyl (C=O) groups is 2. The van der Waals surface area contributed by atoms with Crippen molar-refractivity contribution in [2.45, 2.75) is 30.9 Å². The molecule has 5 heteroatoms. The van der Waals surface area contributed by atoms with Crippen molar-refractivity contribution in [2.75, 3.05) is 0 Å². The predicted octanol–water partition coefficient (Wildman–Crippen LogP) is 0.684. The molecule has 0 aromatic carbocycles. The predicted molar refractivity (Wildman–Crippen MR) is 47.8 cm³/mol. The molecule has 1 saturated heterocycles. The topological polar surface area (TPSA) is 58.2 Å². The minimum atomic E-state index is -0.786. The molecule has 0 bridgehead atoms. The number of amides is 3. The highest BCUT2D eigenvalue weighted by molar-refractivity contribution is 8.01. The number of nitrogens with one attached hydrogen (secondary N) is 2. The van der Waals surface area contributed by atoms with E-state index in [9.17, 15) is 9.59 Å². The zero-order valence-electron chi connectivity index (χ0n) is 7.30. The van der Waals surface area contributed by atoms with Gasteiger partial charge in [-0.25, -0.2) is 4.79 Å². The van der Waals surface area contributed by atoms with Gasteiger partial charge in [0, 0.05) is 5.25 Å². The largest absolute Gasteiger partial charge is 0.323 e. The molecule has 2 N–H and O–H groups in total. The second kappa shape index (κ2) is 2.97. The van der Waals surface area contributed by atoms with Crippen LogP contribution in [0.5, 0.6) is 0 Å². The minimum Gasteiger partial charge on any atom is -0.315 e. The average molecular weight is 188 g/mol. The van der Waals surface area contributed by atoms with Gasteiger partial charge in [-0.1, -0.05) is 13.8 Å². The highest BCUT2D eigenvalue weighted by Gasteiger charge is 2.42. The van der Waals surface area contributed by atoms with Gasteiger partial charge in [0.2, 0.25) is 0 Å². The molecule has 0 aromatic rings. The first-order valence-electron chi connectivity index (χ1n) is 3.75. The van der Waals surface area contributed by atoms with Gasteiger partial charge >= 0.3 is 6.03 Å². The van der Waals surface area contributed by atoms with E-state index in [0.29, 0.717) is 5.25 Å². The summed E-state index contributed by atoms with van der Waals surface area (Å²) in [6.45, 7) is 5.67. The van der Waals surface area contributed by atoms with Crippen LogP contribution in [0.4, 0.5) is 4.79 Å². The zero-order chi connectivity index (χ0) is 9.35. The van der Waals surface area contributed by atoms with Crippen LogP contribution in [-0.4, -0.2) is 22.1 Å². The Bertz CT molecular complexity index is 229. The van der Waals surface area contributed by atoms with E-state index in [1.165, 1.54) is 11.8 Å². The molecule has 0 aliphatic carbocycles. The van der Waals surface area contributed by atoms with Crippen LogP contribution in [0.25, 0.3) is 0 Å². The van der Waals surface area contributed by atoms with Crippen molar-refractivity contribution in [2.24, 2.45) is 0 Å². The van der Waals surface area contributed by atoms with Crippen LogP contribution in [0.15, 0.2) is 0 Å². The Balaban J connectivity index is 2.71. The third-order valence-corrected chi connectivity index (χ3v) is 2.71. The second-order valence-corrected chi connectivity index (χ2v) is 5.10. The van der Waals surface area contributed by atoms with Gasteiger partial charge in [-0.2, -0.15) is 0 Å². The Morgan fingerprint density at radius 2 is 2.00 bits per heavy atom. The summed E-state index contributed by atoms with van der Waals surface area (Å²) in [5.74, 6) is -0.258. The molecule has 0 radical (unpaired) electrons. The molecular formula is C7H12N2O2S. The first-order valence-corrected chi connectivity index (χ1v) is 4.63. The molecular weight excluding hydrogens is 176 g/mol. The van der Waals surface area contributed by atoms with Crippen molar-refractivity contribution in [1.82, 2.24) is 10.6 Å². The lowest BCUT2D eigenvalue weighted by Crippen LogP contribution is -2.41. The van der Waals surface area contributed by atoms with Crippen LogP contribution in [0.1, 0.15) is 20.8 Å². The number of urea groups is 1. The van der Waals surface area contributed by atoms with E-state index in [0.717, 1.165) is 0 Å². The Kier molecular flexibility index (Phi) is 2.32. The molecule has 0 saturated carbocycles. The highest BCUT2D eigenvalue weighted by Crippen LogP contribution is 2.28. The van der Waals surface area contributed by atoms with E-state index in [1.807, 2.05) is 13.8 Å². The van der Waals surface area contributed by atoms with Gasteiger partial charge in [-0.15, -0.1) is 11.8 Å². The summed E-state index contributed by atoms with van der Waals surface area (Å²) in [6.07, 6.45) is 0. The molecule has 1 atom stereocenters. The van der Waals surface area contributed by atoms with Crippen molar-refractivity contribution in [3.05, 3.63) is 0 Å². The van der Waals surface area contributed by atoms with Crippen molar-refractivity contribution in [1.29, 1.82) is 0 Å². The van der Waals surface area contributed by atoms with Crippen LogP contribution >= 0.6 is 11.8 Å². The SMILES string of the molecule is CC(C)SC1(C)NC(=O)NC1=O. The fraction of sp³-hybridized carbons (Fsp3) is 0.714.